The Hall–Kier alpha value is -0.559. The number of nitrogens with zero attached hydrogens (tertiary/aromatic N) is 3. The quantitative estimate of drug-likeness (QED) is 0.204. The largest absolute Gasteiger partial charge is 3.00 e. The fourth-order valence-corrected chi connectivity index (χ4v) is 5.05. The normalized spacial score (nSPS) is 10.6. The Morgan fingerprint density at radius 1 is 0.581 bits per heavy atom. The zero-order valence-electron chi connectivity index (χ0n) is 26.1. The first-order valence-electron chi connectivity index (χ1n) is 15.1. The summed E-state index contributed by atoms with van der Waals surface area (Å²) in [5.74, 6) is 0. The van der Waals surface area contributed by atoms with E-state index in [2.05, 4.69) is 64.1 Å². The first kappa shape index (κ1) is 44.6. The second-order valence-electron chi connectivity index (χ2n) is 10.4. The smallest absolute Gasteiger partial charge is 1.00 e. The number of hydrogen-bond donors (Lipinski definition) is 0. The summed E-state index contributed by atoms with van der Waals surface area (Å²) in [6.45, 7) is 8.94. The van der Waals surface area contributed by atoms with Crippen molar-refractivity contribution < 1.29 is 78.1 Å². The molecule has 0 spiro atoms. The third kappa shape index (κ3) is 15.1. The van der Waals surface area contributed by atoms with Crippen molar-refractivity contribution in [2.75, 3.05) is 0 Å². The zero-order valence-corrected chi connectivity index (χ0v) is 32.3. The number of aliphatic imine (C=N–C) groups is 2. The summed E-state index contributed by atoms with van der Waals surface area (Å²) in [6, 6.07) is 17.0. The van der Waals surface area contributed by atoms with Gasteiger partial charge in [0.2, 0.25) is 0 Å². The van der Waals surface area contributed by atoms with Gasteiger partial charge in [0.25, 0.3) is 0 Å². The Morgan fingerprint density at radius 2 is 0.884 bits per heavy atom. The number of para-hydroxylation sites is 2. The molecule has 0 atom stereocenters. The third-order valence-corrected chi connectivity index (χ3v) is 7.30. The Kier molecular flexibility index (Phi) is 26.5. The van der Waals surface area contributed by atoms with Crippen molar-refractivity contribution >= 4 is 35.4 Å². The number of benzene rings is 2. The van der Waals surface area contributed by atoms with Gasteiger partial charge in [-0.1, -0.05) is 101 Å². The molecule has 3 rings (SSSR count). The molecule has 0 aliphatic carbocycles. The second-order valence-corrected chi connectivity index (χ2v) is 10.9. The monoisotopic (exact) mass is 790 g/mol. The summed E-state index contributed by atoms with van der Waals surface area (Å²) in [5, 5.41) is 0.642. The van der Waals surface area contributed by atoms with Gasteiger partial charge in [0.05, 0.1) is 35.2 Å². The summed E-state index contributed by atoms with van der Waals surface area (Å²) in [5.41, 5.74) is 8.95. The van der Waals surface area contributed by atoms with Crippen LogP contribution in [0.5, 0.6) is 0 Å². The average Bonchev–Trinajstić information content (AvgIpc) is 2.95. The molecule has 0 amide bonds. The van der Waals surface area contributed by atoms with Crippen LogP contribution < -0.4 is 37.2 Å². The summed E-state index contributed by atoms with van der Waals surface area (Å²) >= 11 is 6.55. The van der Waals surface area contributed by atoms with E-state index in [1.807, 2.05) is 24.6 Å². The van der Waals surface area contributed by atoms with Crippen molar-refractivity contribution in [1.82, 2.24) is 4.98 Å². The van der Waals surface area contributed by atoms with Gasteiger partial charge < -0.3 is 37.2 Å². The van der Waals surface area contributed by atoms with E-state index >= 15 is 0 Å². The molecule has 2 aromatic carbocycles. The van der Waals surface area contributed by atoms with Crippen molar-refractivity contribution in [3.05, 3.63) is 87.2 Å². The van der Waals surface area contributed by atoms with Gasteiger partial charge in [-0.3, -0.25) is 9.98 Å². The maximum absolute atomic E-state index is 6.55. The molecule has 3 nitrogen and oxygen atoms in total. The summed E-state index contributed by atoms with van der Waals surface area (Å²) in [7, 11) is 0. The number of halogens is 4. The van der Waals surface area contributed by atoms with Crippen LogP contribution in [-0.2, 0) is 25.7 Å². The van der Waals surface area contributed by atoms with Crippen molar-refractivity contribution in [2.45, 2.75) is 105 Å². The molecule has 1 heterocycles. The molecule has 0 fully saturated rings. The van der Waals surface area contributed by atoms with Crippen molar-refractivity contribution in [3.63, 3.8) is 0 Å². The molecule has 0 aliphatic rings. The fourth-order valence-electron chi connectivity index (χ4n) is 4.83. The van der Waals surface area contributed by atoms with E-state index < -0.39 is 0 Å². The molecule has 3 aromatic rings. The summed E-state index contributed by atoms with van der Waals surface area (Å²) in [4.78, 5) is 14.8. The maximum atomic E-state index is 6.55. The van der Waals surface area contributed by atoms with Gasteiger partial charge in [0.1, 0.15) is 0 Å². The van der Waals surface area contributed by atoms with Crippen molar-refractivity contribution in [2.24, 2.45) is 9.98 Å². The van der Waals surface area contributed by atoms with E-state index in [0.717, 1.165) is 74.1 Å². The Balaban J connectivity index is 0. The minimum absolute atomic E-state index is 0. The Morgan fingerprint density at radius 3 is 1.16 bits per heavy atom. The van der Waals surface area contributed by atoms with Crippen molar-refractivity contribution in [1.29, 1.82) is 0 Å². The van der Waals surface area contributed by atoms with Crippen LogP contribution in [0, 0.1) is 40.8 Å². The molecule has 0 bridgehead atoms. The number of hydrogen-bond acceptors (Lipinski definition) is 3. The van der Waals surface area contributed by atoms with E-state index in [4.69, 9.17) is 26.6 Å². The zero-order chi connectivity index (χ0) is 27.9. The fraction of sp³-hybridized carbons (Fsp3) is 0.457. The van der Waals surface area contributed by atoms with Gasteiger partial charge in [0.15, 0.2) is 0 Å². The molecular formula is C35H46Cl4N3Nd. The number of unbranched alkanes of at least 4 members (excludes halogenated alkanes) is 4. The summed E-state index contributed by atoms with van der Waals surface area (Å²) < 4.78 is 0. The molecule has 233 valence electrons. The van der Waals surface area contributed by atoms with Crippen LogP contribution in [0.3, 0.4) is 0 Å². The maximum Gasteiger partial charge on any atom is 3.00 e. The van der Waals surface area contributed by atoms with Crippen molar-refractivity contribution in [3.8, 4) is 0 Å². The van der Waals surface area contributed by atoms with Gasteiger partial charge in [-0.25, -0.2) is 4.98 Å². The van der Waals surface area contributed by atoms with Crippen LogP contribution >= 0.6 is 11.6 Å². The molecule has 1 aromatic heterocycles. The molecular weight excluding hydrogens is 748 g/mol. The molecule has 43 heavy (non-hydrogen) atoms. The summed E-state index contributed by atoms with van der Waals surface area (Å²) in [6.07, 6.45) is 17.2. The molecule has 0 saturated heterocycles. The molecule has 0 unspecified atom stereocenters. The number of rotatable bonds is 16. The van der Waals surface area contributed by atoms with Crippen LogP contribution in [0.4, 0.5) is 11.4 Å². The van der Waals surface area contributed by atoms with Crippen LogP contribution in [0.25, 0.3) is 0 Å². The predicted molar refractivity (Wildman–Crippen MR) is 171 cm³/mol. The van der Waals surface area contributed by atoms with Gasteiger partial charge in [-0.15, -0.1) is 0 Å². The SMILES string of the molecule is CCCCc1cccc(CCCC)c1N=Cc1cc(Cl)cc(C=Nc2c(CCCC)cccc2CCCC)n1.[Cl-].[Cl-].[Cl-].[Nd+3]. The van der Waals surface area contributed by atoms with E-state index in [0.29, 0.717) is 5.02 Å². The van der Waals surface area contributed by atoms with E-state index in [1.165, 1.54) is 47.9 Å². The van der Waals surface area contributed by atoms with Gasteiger partial charge >= 0.3 is 40.8 Å². The topological polar surface area (TPSA) is 37.6 Å². The first-order chi connectivity index (χ1) is 19.1. The number of aryl methyl sites for hydroxylation is 4. The number of pyridine rings is 1. The third-order valence-electron chi connectivity index (χ3n) is 7.09. The average molecular weight is 795 g/mol. The Labute approximate surface area is 317 Å². The molecule has 0 saturated carbocycles. The predicted octanol–water partition coefficient (Wildman–Crippen LogP) is 1.62. The van der Waals surface area contributed by atoms with Gasteiger partial charge in [-0.2, -0.15) is 0 Å². The van der Waals surface area contributed by atoms with Gasteiger partial charge in [-0.05, 0) is 85.8 Å². The van der Waals surface area contributed by atoms with Crippen LogP contribution in [0.15, 0.2) is 58.5 Å². The Bertz CT molecular complexity index is 1100. The first-order valence-corrected chi connectivity index (χ1v) is 15.4. The molecule has 8 heteroatoms. The molecule has 0 N–H and O–H groups in total. The van der Waals surface area contributed by atoms with Gasteiger partial charge in [0, 0.05) is 5.02 Å². The number of aromatic nitrogens is 1. The second kappa shape index (κ2) is 25.6. The minimum Gasteiger partial charge on any atom is -1.00 e. The standard InChI is InChI=1S/C35H46ClN3.3ClH.Nd/c1-5-9-15-27-19-13-20-28(16-10-6-2)34(27)37-25-32-23-31(36)24-33(39-32)26-38-35-29(17-11-7-3)21-14-22-30(35)18-12-8-4;;;;/h13-14,19-26H,5-12,15-18H2,1-4H3;3*1H;/q;;;;+3/p-3. The van der Waals surface area contributed by atoms with Crippen LogP contribution in [0.1, 0.15) is 113 Å². The van der Waals surface area contributed by atoms with E-state index in [-0.39, 0.29) is 78.1 Å². The minimum atomic E-state index is 0. The van der Waals surface area contributed by atoms with Crippen LogP contribution in [-0.4, -0.2) is 17.4 Å². The van der Waals surface area contributed by atoms with Crippen LogP contribution in [0.2, 0.25) is 5.02 Å². The van der Waals surface area contributed by atoms with E-state index in [1.54, 1.807) is 0 Å². The van der Waals surface area contributed by atoms with E-state index in [9.17, 15) is 0 Å². The molecule has 1 radical (unpaired) electrons. The molecule has 0 aliphatic heterocycles.